The van der Waals surface area contributed by atoms with Gasteiger partial charge in [-0.1, -0.05) is 0 Å². The van der Waals surface area contributed by atoms with Crippen LogP contribution >= 0.6 is 0 Å². The molecule has 0 spiro atoms. The molecule has 8 nitrogen and oxygen atoms in total. The van der Waals surface area contributed by atoms with Gasteiger partial charge in [-0.25, -0.2) is 22.2 Å². The highest BCUT2D eigenvalue weighted by molar-refractivity contribution is 7.91. The van der Waals surface area contributed by atoms with Gasteiger partial charge in [-0.05, 0) is 48.5 Å². The van der Waals surface area contributed by atoms with Crippen LogP contribution in [0.1, 0.15) is 5.82 Å². The molecule has 3 heterocycles. The molecule has 2 aromatic carbocycles. The lowest BCUT2D eigenvalue weighted by atomic mass is 10.1. The Balaban J connectivity index is 1.39. The topological polar surface area (TPSA) is 87.5 Å². The summed E-state index contributed by atoms with van der Waals surface area (Å²) in [4.78, 5) is 21.3. The van der Waals surface area contributed by atoms with Crippen molar-refractivity contribution in [3.8, 4) is 11.3 Å². The Morgan fingerprint density at radius 2 is 1.54 bits per heavy atom. The van der Waals surface area contributed by atoms with Crippen LogP contribution in [0.25, 0.3) is 11.3 Å². The first-order valence-corrected chi connectivity index (χ1v) is 13.2. The van der Waals surface area contributed by atoms with Gasteiger partial charge in [0.25, 0.3) is 0 Å². The van der Waals surface area contributed by atoms with Gasteiger partial charge in [0, 0.05) is 37.4 Å². The van der Waals surface area contributed by atoms with Gasteiger partial charge in [-0.2, -0.15) is 0 Å². The Morgan fingerprint density at radius 3 is 2.20 bits per heavy atom. The summed E-state index contributed by atoms with van der Waals surface area (Å²) < 4.78 is 52.2. The number of sulfone groups is 1. The average molecular weight is 502 g/mol. The minimum atomic E-state index is -3.01. The van der Waals surface area contributed by atoms with Gasteiger partial charge in [-0.3, -0.25) is 9.69 Å². The molecule has 0 unspecified atom stereocenters. The maximum Gasteiger partial charge on any atom is 0.237 e. The zero-order valence-electron chi connectivity index (χ0n) is 19.0. The molecule has 0 atom stereocenters. The van der Waals surface area contributed by atoms with Gasteiger partial charge >= 0.3 is 0 Å². The molecule has 184 valence electrons. The molecule has 0 saturated carbocycles. The van der Waals surface area contributed by atoms with Crippen molar-refractivity contribution in [1.82, 2.24) is 19.4 Å². The number of anilines is 2. The van der Waals surface area contributed by atoms with Crippen molar-refractivity contribution in [2.75, 3.05) is 43.0 Å². The van der Waals surface area contributed by atoms with Crippen molar-refractivity contribution in [1.29, 1.82) is 0 Å². The number of aromatic nitrogens is 2. The molecule has 3 aromatic rings. The smallest absolute Gasteiger partial charge is 0.237 e. The van der Waals surface area contributed by atoms with Gasteiger partial charge in [0.15, 0.2) is 9.84 Å². The molecule has 11 heteroatoms. The number of carbonyl (C=O) groups excluding carboxylic acids is 1. The molecule has 1 saturated heterocycles. The van der Waals surface area contributed by atoms with Crippen LogP contribution in [0.2, 0.25) is 0 Å². The van der Waals surface area contributed by atoms with E-state index in [1.165, 1.54) is 24.3 Å². The standard InChI is InChI=1S/C24H25F2N5O3S/c25-18-3-1-17(2-4-18)23-24(27-20-7-5-19(26)6-8-20)31-10-9-30(15-21(31)28-23)22(32)16-29-11-13-35(33,34)14-12-29/h1-8,27H,9-16H2. The number of fused-ring (bicyclic) bond motifs is 1. The van der Waals surface area contributed by atoms with Crippen molar-refractivity contribution in [2.24, 2.45) is 0 Å². The normalized spacial score (nSPS) is 17.7. The second-order valence-electron chi connectivity index (χ2n) is 8.76. The first kappa shape index (κ1) is 23.4. The average Bonchev–Trinajstić information content (AvgIpc) is 3.20. The molecule has 1 N–H and O–H groups in total. The van der Waals surface area contributed by atoms with Crippen molar-refractivity contribution in [3.05, 3.63) is 66.0 Å². The Hall–Kier alpha value is -3.31. The molecule has 2 aliphatic rings. The zero-order valence-corrected chi connectivity index (χ0v) is 19.8. The number of carbonyl (C=O) groups is 1. The van der Waals surface area contributed by atoms with E-state index in [1.807, 2.05) is 9.47 Å². The molecule has 0 aliphatic carbocycles. The fourth-order valence-corrected chi connectivity index (χ4v) is 5.63. The third-order valence-electron chi connectivity index (χ3n) is 6.35. The lowest BCUT2D eigenvalue weighted by Crippen LogP contribution is -2.48. The fourth-order valence-electron chi connectivity index (χ4n) is 4.35. The summed E-state index contributed by atoms with van der Waals surface area (Å²) in [5, 5.41) is 3.31. The first-order valence-electron chi connectivity index (χ1n) is 11.4. The number of imidazole rings is 1. The Kier molecular flexibility index (Phi) is 6.28. The van der Waals surface area contributed by atoms with Crippen LogP contribution in [0.5, 0.6) is 0 Å². The highest BCUT2D eigenvalue weighted by Gasteiger charge is 2.29. The summed E-state index contributed by atoms with van der Waals surface area (Å²) in [7, 11) is -3.01. The zero-order chi connectivity index (χ0) is 24.6. The fraction of sp³-hybridized carbons (Fsp3) is 0.333. The molecule has 5 rings (SSSR count). The molecular weight excluding hydrogens is 476 g/mol. The van der Waals surface area contributed by atoms with E-state index in [2.05, 4.69) is 5.32 Å². The molecule has 0 radical (unpaired) electrons. The minimum absolute atomic E-state index is 0.0735. The number of hydrogen-bond acceptors (Lipinski definition) is 6. The third kappa shape index (κ3) is 5.20. The van der Waals surface area contributed by atoms with E-state index in [-0.39, 0.29) is 35.6 Å². The molecule has 1 fully saturated rings. The molecular formula is C24H25F2N5O3S. The Bertz CT molecular complexity index is 1330. The number of nitrogens with one attached hydrogen (secondary N) is 1. The lowest BCUT2D eigenvalue weighted by Gasteiger charge is -2.32. The van der Waals surface area contributed by atoms with Gasteiger partial charge in [0.2, 0.25) is 5.91 Å². The molecule has 0 bridgehead atoms. The molecule has 1 aromatic heterocycles. The summed E-state index contributed by atoms with van der Waals surface area (Å²) in [6, 6.07) is 12.0. The van der Waals surface area contributed by atoms with Crippen LogP contribution in [0.4, 0.5) is 20.3 Å². The predicted octanol–water partition coefficient (Wildman–Crippen LogP) is 2.64. The van der Waals surface area contributed by atoms with Crippen molar-refractivity contribution >= 4 is 27.2 Å². The van der Waals surface area contributed by atoms with Gasteiger partial charge in [0.1, 0.15) is 29.0 Å². The maximum absolute atomic E-state index is 13.5. The van der Waals surface area contributed by atoms with Crippen LogP contribution in [0.15, 0.2) is 48.5 Å². The number of nitrogens with zero attached hydrogens (tertiary/aromatic N) is 4. The summed E-state index contributed by atoms with van der Waals surface area (Å²) in [6.07, 6.45) is 0. The lowest BCUT2D eigenvalue weighted by molar-refractivity contribution is -0.133. The van der Waals surface area contributed by atoms with E-state index in [4.69, 9.17) is 4.98 Å². The predicted molar refractivity (Wildman–Crippen MR) is 128 cm³/mol. The Labute approximate surface area is 202 Å². The SMILES string of the molecule is O=C(CN1CCS(=O)(=O)CC1)N1CCn2c(nc(-c3ccc(F)cc3)c2Nc2ccc(F)cc2)C1. The van der Waals surface area contributed by atoms with E-state index < -0.39 is 9.84 Å². The molecule has 35 heavy (non-hydrogen) atoms. The molecule has 2 aliphatic heterocycles. The molecule has 1 amide bonds. The van der Waals surface area contributed by atoms with Crippen LogP contribution < -0.4 is 5.32 Å². The summed E-state index contributed by atoms with van der Waals surface area (Å²) >= 11 is 0. The van der Waals surface area contributed by atoms with E-state index >= 15 is 0 Å². The van der Waals surface area contributed by atoms with E-state index in [0.29, 0.717) is 61.3 Å². The van der Waals surface area contributed by atoms with Gasteiger partial charge < -0.3 is 14.8 Å². The van der Waals surface area contributed by atoms with Crippen molar-refractivity contribution in [3.63, 3.8) is 0 Å². The number of amides is 1. The van der Waals surface area contributed by atoms with Crippen LogP contribution in [0.3, 0.4) is 0 Å². The summed E-state index contributed by atoms with van der Waals surface area (Å²) in [6.45, 7) is 2.14. The Morgan fingerprint density at radius 1 is 0.914 bits per heavy atom. The second-order valence-corrected chi connectivity index (χ2v) is 11.1. The van der Waals surface area contributed by atoms with E-state index in [9.17, 15) is 22.0 Å². The quantitative estimate of drug-likeness (QED) is 0.579. The van der Waals surface area contributed by atoms with Crippen LogP contribution in [-0.4, -0.2) is 71.4 Å². The maximum atomic E-state index is 13.5. The van der Waals surface area contributed by atoms with Crippen molar-refractivity contribution < 1.29 is 22.0 Å². The number of halogens is 2. The van der Waals surface area contributed by atoms with Gasteiger partial charge in [-0.15, -0.1) is 0 Å². The largest absolute Gasteiger partial charge is 0.340 e. The summed E-state index contributed by atoms with van der Waals surface area (Å²) in [5.41, 5.74) is 2.00. The van der Waals surface area contributed by atoms with E-state index in [0.717, 1.165) is 0 Å². The monoisotopic (exact) mass is 501 g/mol. The third-order valence-corrected chi connectivity index (χ3v) is 7.95. The van der Waals surface area contributed by atoms with Crippen LogP contribution in [0, 0.1) is 11.6 Å². The highest BCUT2D eigenvalue weighted by atomic mass is 32.2. The second kappa shape index (κ2) is 9.38. The van der Waals surface area contributed by atoms with Gasteiger partial charge in [0.05, 0.1) is 24.6 Å². The minimum Gasteiger partial charge on any atom is -0.340 e. The number of benzene rings is 2. The van der Waals surface area contributed by atoms with Crippen LogP contribution in [-0.2, 0) is 27.7 Å². The van der Waals surface area contributed by atoms with E-state index in [1.54, 1.807) is 29.2 Å². The van der Waals surface area contributed by atoms with Crippen molar-refractivity contribution in [2.45, 2.75) is 13.1 Å². The number of rotatable bonds is 5. The highest BCUT2D eigenvalue weighted by Crippen LogP contribution is 2.33. The summed E-state index contributed by atoms with van der Waals surface area (Å²) in [5.74, 6) is 0.739. The first-order chi connectivity index (χ1) is 16.8. The number of hydrogen-bond donors (Lipinski definition) is 1.